The lowest BCUT2D eigenvalue weighted by Crippen LogP contribution is -2.13. The van der Waals surface area contributed by atoms with E-state index in [2.05, 4.69) is 12.2 Å². The van der Waals surface area contributed by atoms with Gasteiger partial charge in [-0.05, 0) is 86.9 Å². The summed E-state index contributed by atoms with van der Waals surface area (Å²) in [6, 6.07) is 11.4. The SMILES string of the molecule is CCc1ccc(NC(=O)/C(C#N)=C\c2cc(C)n(-c3sc4c(c3C(=O)O)CCCC4)c2C)cc1. The van der Waals surface area contributed by atoms with Crippen molar-refractivity contribution in [1.29, 1.82) is 5.26 Å². The number of carbonyl (C=O) groups is 2. The van der Waals surface area contributed by atoms with Gasteiger partial charge in [0.1, 0.15) is 16.6 Å². The molecule has 7 heteroatoms. The number of rotatable bonds is 6. The van der Waals surface area contributed by atoms with Crippen LogP contribution in [-0.2, 0) is 24.1 Å². The molecule has 1 aromatic carbocycles. The Balaban J connectivity index is 1.69. The van der Waals surface area contributed by atoms with E-state index < -0.39 is 11.9 Å². The number of carbonyl (C=O) groups excluding carboxylic acids is 1. The van der Waals surface area contributed by atoms with Crippen molar-refractivity contribution in [2.45, 2.75) is 52.9 Å². The largest absolute Gasteiger partial charge is 0.478 e. The maximum atomic E-state index is 12.8. The average Bonchev–Trinajstić information content (AvgIpc) is 3.33. The molecule has 2 N–H and O–H groups in total. The highest BCUT2D eigenvalue weighted by molar-refractivity contribution is 7.15. The molecule has 0 atom stereocenters. The molecule has 1 aliphatic carbocycles. The normalized spacial score (nSPS) is 13.3. The third-order valence-corrected chi connectivity index (χ3v) is 7.60. The second kappa shape index (κ2) is 9.70. The molecule has 0 unspecified atom stereocenters. The van der Waals surface area contributed by atoms with Crippen LogP contribution < -0.4 is 5.32 Å². The van der Waals surface area contributed by atoms with E-state index in [9.17, 15) is 20.0 Å². The van der Waals surface area contributed by atoms with Gasteiger partial charge < -0.3 is 15.0 Å². The van der Waals surface area contributed by atoms with Crippen molar-refractivity contribution in [3.8, 4) is 11.1 Å². The predicted octanol–water partition coefficient (Wildman–Crippen LogP) is 5.84. The lowest BCUT2D eigenvalue weighted by Gasteiger charge is -2.11. The number of anilines is 1. The van der Waals surface area contributed by atoms with E-state index in [1.165, 1.54) is 11.3 Å². The molecule has 0 fully saturated rings. The lowest BCUT2D eigenvalue weighted by atomic mass is 9.95. The fourth-order valence-electron chi connectivity index (χ4n) is 4.50. The van der Waals surface area contributed by atoms with Crippen LogP contribution in [0.2, 0.25) is 0 Å². The zero-order valence-corrected chi connectivity index (χ0v) is 20.4. The van der Waals surface area contributed by atoms with Crippen molar-refractivity contribution in [2.75, 3.05) is 5.32 Å². The zero-order chi connectivity index (χ0) is 24.4. The van der Waals surface area contributed by atoms with Crippen LogP contribution in [0.5, 0.6) is 0 Å². The van der Waals surface area contributed by atoms with Crippen molar-refractivity contribution in [2.24, 2.45) is 0 Å². The lowest BCUT2D eigenvalue weighted by molar-refractivity contribution is -0.112. The van der Waals surface area contributed by atoms with Gasteiger partial charge in [0.25, 0.3) is 5.91 Å². The van der Waals surface area contributed by atoms with Gasteiger partial charge in [-0.2, -0.15) is 5.26 Å². The Kier molecular flexibility index (Phi) is 6.71. The molecular formula is C27H27N3O3S. The van der Waals surface area contributed by atoms with Crippen molar-refractivity contribution < 1.29 is 14.7 Å². The Hall–Kier alpha value is -3.63. The molecule has 0 saturated carbocycles. The highest BCUT2D eigenvalue weighted by atomic mass is 32.1. The summed E-state index contributed by atoms with van der Waals surface area (Å²) in [5.41, 5.74) is 5.49. The molecule has 2 aromatic heterocycles. The Morgan fingerprint density at radius 2 is 1.91 bits per heavy atom. The van der Waals surface area contributed by atoms with Gasteiger partial charge in [0.05, 0.1) is 5.56 Å². The summed E-state index contributed by atoms with van der Waals surface area (Å²) in [7, 11) is 0. The first-order valence-corrected chi connectivity index (χ1v) is 12.2. The maximum absolute atomic E-state index is 12.8. The number of nitrogens with zero attached hydrogens (tertiary/aromatic N) is 2. The van der Waals surface area contributed by atoms with Crippen molar-refractivity contribution in [1.82, 2.24) is 4.57 Å². The molecule has 0 spiro atoms. The molecule has 174 valence electrons. The van der Waals surface area contributed by atoms with E-state index in [0.29, 0.717) is 21.8 Å². The van der Waals surface area contributed by atoms with Gasteiger partial charge in [-0.3, -0.25) is 4.79 Å². The first kappa shape index (κ1) is 23.5. The van der Waals surface area contributed by atoms with Crippen LogP contribution in [-0.4, -0.2) is 21.6 Å². The quantitative estimate of drug-likeness (QED) is 0.347. The van der Waals surface area contributed by atoms with Crippen LogP contribution >= 0.6 is 11.3 Å². The number of thiophene rings is 1. The summed E-state index contributed by atoms with van der Waals surface area (Å²) in [6.07, 6.45) is 6.25. The fraction of sp³-hybridized carbons (Fsp3) is 0.296. The molecule has 0 saturated heterocycles. The highest BCUT2D eigenvalue weighted by Gasteiger charge is 2.27. The summed E-state index contributed by atoms with van der Waals surface area (Å²) in [4.78, 5) is 26.1. The Morgan fingerprint density at radius 1 is 1.21 bits per heavy atom. The minimum absolute atomic E-state index is 0.0104. The van der Waals surface area contributed by atoms with Gasteiger partial charge >= 0.3 is 5.97 Å². The first-order chi connectivity index (χ1) is 16.3. The number of hydrogen-bond acceptors (Lipinski definition) is 4. The molecular weight excluding hydrogens is 446 g/mol. The van der Waals surface area contributed by atoms with Crippen LogP contribution in [0, 0.1) is 25.2 Å². The van der Waals surface area contributed by atoms with Gasteiger partial charge in [0, 0.05) is 22.0 Å². The van der Waals surface area contributed by atoms with Gasteiger partial charge in [0.2, 0.25) is 0 Å². The van der Waals surface area contributed by atoms with E-state index in [-0.39, 0.29) is 5.57 Å². The third-order valence-electron chi connectivity index (χ3n) is 6.32. The number of carboxylic acids is 1. The Morgan fingerprint density at radius 3 is 2.56 bits per heavy atom. The number of fused-ring (bicyclic) bond motifs is 1. The number of carboxylic acid groups (broad SMARTS) is 1. The second-order valence-electron chi connectivity index (χ2n) is 8.53. The molecule has 0 radical (unpaired) electrons. The minimum atomic E-state index is -0.912. The Labute approximate surface area is 203 Å². The summed E-state index contributed by atoms with van der Waals surface area (Å²) < 4.78 is 1.94. The van der Waals surface area contributed by atoms with E-state index in [1.54, 1.807) is 6.08 Å². The number of aromatic carboxylic acids is 1. The number of nitriles is 1. The van der Waals surface area contributed by atoms with Crippen molar-refractivity contribution in [3.63, 3.8) is 0 Å². The average molecular weight is 474 g/mol. The van der Waals surface area contributed by atoms with Crippen LogP contribution in [0.3, 0.4) is 0 Å². The standard InChI is InChI=1S/C27H27N3O3S/c1-4-18-9-11-21(12-10-18)29-25(31)20(15-28)14-19-13-16(2)30(17(19)3)26-24(27(32)33)22-7-5-6-8-23(22)34-26/h9-14H,4-8H2,1-3H3,(H,29,31)(H,32,33)/b20-14-. The zero-order valence-electron chi connectivity index (χ0n) is 19.6. The summed E-state index contributed by atoms with van der Waals surface area (Å²) in [5, 5.41) is 23.1. The fourth-order valence-corrected chi connectivity index (χ4v) is 5.99. The molecule has 2 heterocycles. The van der Waals surface area contributed by atoms with Gasteiger partial charge in [-0.25, -0.2) is 4.79 Å². The van der Waals surface area contributed by atoms with E-state index in [1.807, 2.05) is 54.8 Å². The molecule has 0 bridgehead atoms. The molecule has 3 aromatic rings. The topological polar surface area (TPSA) is 95.1 Å². The van der Waals surface area contributed by atoms with Crippen molar-refractivity contribution in [3.05, 3.63) is 74.4 Å². The third kappa shape index (κ3) is 4.42. The monoisotopic (exact) mass is 473 g/mol. The van der Waals surface area contributed by atoms with Gasteiger partial charge in [0.15, 0.2) is 0 Å². The first-order valence-electron chi connectivity index (χ1n) is 11.4. The number of nitrogens with one attached hydrogen (secondary N) is 1. The molecule has 4 rings (SSSR count). The Bertz CT molecular complexity index is 1340. The number of aromatic nitrogens is 1. The number of amides is 1. The van der Waals surface area contributed by atoms with E-state index in [0.717, 1.165) is 59.5 Å². The highest BCUT2D eigenvalue weighted by Crippen LogP contribution is 2.39. The van der Waals surface area contributed by atoms with Crippen LogP contribution in [0.15, 0.2) is 35.9 Å². The van der Waals surface area contributed by atoms with Crippen LogP contribution in [0.4, 0.5) is 5.69 Å². The molecule has 1 aliphatic rings. The summed E-state index contributed by atoms with van der Waals surface area (Å²) in [5.74, 6) is -1.39. The molecule has 6 nitrogen and oxygen atoms in total. The molecule has 1 amide bonds. The maximum Gasteiger partial charge on any atom is 0.339 e. The van der Waals surface area contributed by atoms with Crippen molar-refractivity contribution >= 4 is 35.0 Å². The summed E-state index contributed by atoms with van der Waals surface area (Å²) in [6.45, 7) is 5.86. The minimum Gasteiger partial charge on any atom is -0.478 e. The van der Waals surface area contributed by atoms with Gasteiger partial charge in [-0.1, -0.05) is 19.1 Å². The number of hydrogen-bond donors (Lipinski definition) is 2. The number of benzene rings is 1. The molecule has 34 heavy (non-hydrogen) atoms. The van der Waals surface area contributed by atoms with Crippen LogP contribution in [0.1, 0.15) is 63.1 Å². The van der Waals surface area contributed by atoms with Gasteiger partial charge in [-0.15, -0.1) is 11.3 Å². The summed E-state index contributed by atoms with van der Waals surface area (Å²) >= 11 is 1.54. The molecule has 0 aliphatic heterocycles. The smallest absolute Gasteiger partial charge is 0.339 e. The predicted molar refractivity (Wildman–Crippen MR) is 135 cm³/mol. The van der Waals surface area contributed by atoms with E-state index in [4.69, 9.17) is 0 Å². The number of aryl methyl sites for hydroxylation is 3. The van der Waals surface area contributed by atoms with E-state index >= 15 is 0 Å². The second-order valence-corrected chi connectivity index (χ2v) is 9.62. The van der Waals surface area contributed by atoms with Crippen LogP contribution in [0.25, 0.3) is 11.1 Å².